The van der Waals surface area contributed by atoms with Crippen molar-refractivity contribution in [2.24, 2.45) is 5.10 Å². The quantitative estimate of drug-likeness (QED) is 0.297. The lowest BCUT2D eigenvalue weighted by Crippen LogP contribution is -2.39. The predicted molar refractivity (Wildman–Crippen MR) is 146 cm³/mol. The highest BCUT2D eigenvalue weighted by molar-refractivity contribution is 9.10. The van der Waals surface area contributed by atoms with Gasteiger partial charge >= 0.3 is 0 Å². The molecule has 0 heterocycles. The highest BCUT2D eigenvalue weighted by Gasteiger charge is 2.27. The molecule has 0 unspecified atom stereocenters. The van der Waals surface area contributed by atoms with Gasteiger partial charge in [0.25, 0.3) is 15.9 Å². The number of hydrazone groups is 1. The van der Waals surface area contributed by atoms with Gasteiger partial charge in [0, 0.05) is 23.6 Å². The van der Waals surface area contributed by atoms with E-state index >= 15 is 0 Å². The van der Waals surface area contributed by atoms with Crippen LogP contribution in [0, 0.1) is 13.8 Å². The highest BCUT2D eigenvalue weighted by atomic mass is 79.9. The van der Waals surface area contributed by atoms with Crippen molar-refractivity contribution >= 4 is 61.1 Å². The predicted octanol–water partition coefficient (Wildman–Crippen LogP) is 5.13. The largest absolute Gasteiger partial charge is 0.377 e. The Labute approximate surface area is 219 Å². The van der Waals surface area contributed by atoms with Gasteiger partial charge in [-0.3, -0.25) is 9.10 Å². The van der Waals surface area contributed by atoms with Crippen LogP contribution in [0.3, 0.4) is 0 Å². The Morgan fingerprint density at radius 3 is 2.31 bits per heavy atom. The van der Waals surface area contributed by atoms with Gasteiger partial charge in [-0.25, -0.2) is 13.8 Å². The van der Waals surface area contributed by atoms with Crippen molar-refractivity contribution in [3.05, 3.63) is 86.8 Å². The Kier molecular flexibility index (Phi) is 8.58. The minimum Gasteiger partial charge on any atom is -0.377 e. The Bertz CT molecular complexity index is 1360. The van der Waals surface area contributed by atoms with E-state index in [1.807, 2.05) is 57.1 Å². The molecule has 1 N–H and O–H groups in total. The van der Waals surface area contributed by atoms with Crippen LogP contribution in [0.1, 0.15) is 16.7 Å². The van der Waals surface area contributed by atoms with Crippen LogP contribution in [0.4, 0.5) is 11.4 Å². The fourth-order valence-corrected chi connectivity index (χ4v) is 5.53. The second-order valence-electron chi connectivity index (χ2n) is 8.13. The van der Waals surface area contributed by atoms with Crippen LogP contribution in [0.25, 0.3) is 0 Å². The maximum atomic E-state index is 13.5. The molecule has 0 spiro atoms. The van der Waals surface area contributed by atoms with E-state index in [0.29, 0.717) is 10.7 Å². The lowest BCUT2D eigenvalue weighted by atomic mass is 10.1. The van der Waals surface area contributed by atoms with E-state index in [-0.39, 0.29) is 4.90 Å². The molecule has 35 heavy (non-hydrogen) atoms. The van der Waals surface area contributed by atoms with Crippen LogP contribution in [0.2, 0.25) is 5.02 Å². The first-order valence-corrected chi connectivity index (χ1v) is 13.2. The second-order valence-corrected chi connectivity index (χ2v) is 11.3. The fraction of sp³-hybridized carbons (Fsp3) is 0.200. The van der Waals surface area contributed by atoms with Gasteiger partial charge in [-0.15, -0.1) is 0 Å². The Hall–Kier alpha value is -2.88. The van der Waals surface area contributed by atoms with E-state index in [1.54, 1.807) is 12.1 Å². The molecule has 0 aliphatic carbocycles. The third-order valence-corrected chi connectivity index (χ3v) is 8.00. The molecule has 0 bridgehead atoms. The molecule has 0 saturated carbocycles. The van der Waals surface area contributed by atoms with E-state index in [4.69, 9.17) is 11.6 Å². The molecule has 1 amide bonds. The van der Waals surface area contributed by atoms with Crippen molar-refractivity contribution in [3.8, 4) is 0 Å². The van der Waals surface area contributed by atoms with Gasteiger partial charge in [-0.05, 0) is 95.0 Å². The number of benzene rings is 3. The average molecular weight is 578 g/mol. The number of carbonyl (C=O) groups excluding carboxylic acids is 1. The summed E-state index contributed by atoms with van der Waals surface area (Å²) in [5, 5.41) is 4.42. The fourth-order valence-electron chi connectivity index (χ4n) is 3.24. The molecule has 3 rings (SSSR count). The van der Waals surface area contributed by atoms with Crippen molar-refractivity contribution in [1.82, 2.24) is 5.43 Å². The zero-order valence-corrected chi connectivity index (χ0v) is 22.9. The van der Waals surface area contributed by atoms with E-state index in [1.165, 1.54) is 30.5 Å². The number of aryl methyl sites for hydroxylation is 2. The first kappa shape index (κ1) is 26.7. The first-order valence-electron chi connectivity index (χ1n) is 10.6. The SMILES string of the molecule is Cc1ccc(N(CC(=O)N/N=C\c2ccc(N(C)C)c(Br)c2)S(=O)(=O)c2ccc(Cl)cc2)cc1C. The number of nitrogens with zero attached hydrogens (tertiary/aromatic N) is 3. The minimum atomic E-state index is -4.04. The molecule has 10 heteroatoms. The molecule has 0 radical (unpaired) electrons. The van der Waals surface area contributed by atoms with E-state index in [2.05, 4.69) is 26.5 Å². The van der Waals surface area contributed by atoms with Gasteiger partial charge < -0.3 is 4.90 Å². The normalized spacial score (nSPS) is 11.5. The number of carbonyl (C=O) groups is 1. The van der Waals surface area contributed by atoms with E-state index < -0.39 is 22.5 Å². The minimum absolute atomic E-state index is 0.0299. The summed E-state index contributed by atoms with van der Waals surface area (Å²) in [4.78, 5) is 14.7. The first-order chi connectivity index (χ1) is 16.5. The summed E-state index contributed by atoms with van der Waals surface area (Å²) in [6.07, 6.45) is 1.50. The number of rotatable bonds is 8. The third kappa shape index (κ3) is 6.62. The summed E-state index contributed by atoms with van der Waals surface area (Å²) in [6, 6.07) is 16.7. The Balaban J connectivity index is 1.84. The van der Waals surface area contributed by atoms with Gasteiger partial charge in [0.1, 0.15) is 6.54 Å². The summed E-state index contributed by atoms with van der Waals surface area (Å²) >= 11 is 9.44. The average Bonchev–Trinajstić information content (AvgIpc) is 2.79. The maximum absolute atomic E-state index is 13.5. The summed E-state index contributed by atoms with van der Waals surface area (Å²) in [7, 11) is -0.164. The lowest BCUT2D eigenvalue weighted by molar-refractivity contribution is -0.119. The second kappa shape index (κ2) is 11.2. The van der Waals surface area contributed by atoms with Gasteiger partial charge in [-0.1, -0.05) is 23.7 Å². The number of halogens is 2. The van der Waals surface area contributed by atoms with Crippen molar-refractivity contribution in [3.63, 3.8) is 0 Å². The zero-order chi connectivity index (χ0) is 25.8. The number of anilines is 2. The molecule has 184 valence electrons. The number of sulfonamides is 1. The van der Waals surface area contributed by atoms with Crippen molar-refractivity contribution in [2.75, 3.05) is 29.8 Å². The van der Waals surface area contributed by atoms with Crippen LogP contribution in [0.15, 0.2) is 75.1 Å². The number of amides is 1. The van der Waals surface area contributed by atoms with Gasteiger partial charge in [0.15, 0.2) is 0 Å². The standard InChI is InChI=1S/C25H26BrClN4O3S/c1-17-5-9-21(13-18(17)2)31(35(33,34)22-10-7-20(27)8-11-22)16-25(32)29-28-15-19-6-12-24(30(3)4)23(26)14-19/h5-15H,16H2,1-4H3,(H,29,32)/b28-15-. The van der Waals surface area contributed by atoms with Crippen molar-refractivity contribution in [2.45, 2.75) is 18.7 Å². The van der Waals surface area contributed by atoms with Gasteiger partial charge in [-0.2, -0.15) is 5.10 Å². The van der Waals surface area contributed by atoms with Gasteiger partial charge in [0.2, 0.25) is 0 Å². The molecule has 0 fully saturated rings. The zero-order valence-electron chi connectivity index (χ0n) is 19.8. The van der Waals surface area contributed by atoms with Crippen molar-refractivity contribution < 1.29 is 13.2 Å². The van der Waals surface area contributed by atoms with Crippen LogP contribution >= 0.6 is 27.5 Å². The molecule has 0 aliphatic heterocycles. The summed E-state index contributed by atoms with van der Waals surface area (Å²) < 4.78 is 28.8. The topological polar surface area (TPSA) is 82.1 Å². The molecular formula is C25H26BrClN4O3S. The van der Waals surface area contributed by atoms with E-state index in [9.17, 15) is 13.2 Å². The molecule has 3 aromatic rings. The molecule has 0 saturated heterocycles. The third-order valence-electron chi connectivity index (χ3n) is 5.32. The van der Waals surface area contributed by atoms with Crippen molar-refractivity contribution in [1.29, 1.82) is 0 Å². The molecule has 0 aromatic heterocycles. The Morgan fingerprint density at radius 2 is 1.71 bits per heavy atom. The van der Waals surface area contributed by atoms with Crippen LogP contribution < -0.4 is 14.6 Å². The smallest absolute Gasteiger partial charge is 0.264 e. The summed E-state index contributed by atoms with van der Waals surface area (Å²) in [5.41, 5.74) is 6.49. The number of nitrogens with one attached hydrogen (secondary N) is 1. The number of hydrogen-bond donors (Lipinski definition) is 1. The summed E-state index contributed by atoms with van der Waals surface area (Å²) in [6.45, 7) is 3.37. The molecule has 0 aliphatic rings. The number of hydrogen-bond acceptors (Lipinski definition) is 5. The molecular weight excluding hydrogens is 552 g/mol. The Morgan fingerprint density at radius 1 is 1.03 bits per heavy atom. The highest BCUT2D eigenvalue weighted by Crippen LogP contribution is 2.27. The molecule has 3 aromatic carbocycles. The van der Waals surface area contributed by atoms with Crippen LogP contribution in [0.5, 0.6) is 0 Å². The maximum Gasteiger partial charge on any atom is 0.264 e. The van der Waals surface area contributed by atoms with E-state index in [0.717, 1.165) is 31.2 Å². The van der Waals surface area contributed by atoms with Crippen LogP contribution in [-0.4, -0.2) is 41.2 Å². The molecule has 0 atom stereocenters. The monoisotopic (exact) mass is 576 g/mol. The lowest BCUT2D eigenvalue weighted by Gasteiger charge is -2.24. The summed E-state index contributed by atoms with van der Waals surface area (Å²) in [5.74, 6) is -0.582. The molecule has 7 nitrogen and oxygen atoms in total. The van der Waals surface area contributed by atoms with Crippen LogP contribution in [-0.2, 0) is 14.8 Å². The van der Waals surface area contributed by atoms with Gasteiger partial charge in [0.05, 0.1) is 22.5 Å².